The second kappa shape index (κ2) is 9.30. The largest absolute Gasteiger partial charge is 0.300 e. The summed E-state index contributed by atoms with van der Waals surface area (Å²) in [4.78, 5) is 2.69. The van der Waals surface area contributed by atoms with E-state index in [-0.39, 0.29) is 12.4 Å². The van der Waals surface area contributed by atoms with Gasteiger partial charge in [0.25, 0.3) is 0 Å². The molecule has 2 atom stereocenters. The van der Waals surface area contributed by atoms with Crippen molar-refractivity contribution in [3.8, 4) is 0 Å². The Hall–Kier alpha value is 0.250. The van der Waals surface area contributed by atoms with Gasteiger partial charge in [-0.2, -0.15) is 0 Å². The van der Waals surface area contributed by atoms with Gasteiger partial charge in [0.15, 0.2) is 0 Å². The van der Waals surface area contributed by atoms with E-state index in [1.54, 1.807) is 0 Å². The molecule has 2 unspecified atom stereocenters. The molecule has 0 radical (unpaired) electrons. The minimum absolute atomic E-state index is 0. The van der Waals surface area contributed by atoms with Crippen LogP contribution in [0.3, 0.4) is 0 Å². The van der Waals surface area contributed by atoms with Gasteiger partial charge in [-0.25, -0.2) is 0 Å². The fourth-order valence-electron chi connectivity index (χ4n) is 2.58. The van der Waals surface area contributed by atoms with E-state index in [4.69, 9.17) is 0 Å². The van der Waals surface area contributed by atoms with E-state index in [9.17, 15) is 0 Å². The quantitative estimate of drug-likeness (QED) is 0.599. The normalized spacial score (nSPS) is 25.7. The Balaban J connectivity index is 0.00000225. The van der Waals surface area contributed by atoms with Crippen LogP contribution in [0.2, 0.25) is 0 Å². The maximum Gasteiger partial charge on any atom is 0.00930 e. The molecule has 0 aromatic heterocycles. The Morgan fingerprint density at radius 2 is 1.62 bits per heavy atom. The summed E-state index contributed by atoms with van der Waals surface area (Å²) in [5.41, 5.74) is 0. The smallest absolute Gasteiger partial charge is 0.00930 e. The van der Waals surface area contributed by atoms with Crippen LogP contribution in [0.5, 0.6) is 0 Å². The molecule has 0 N–H and O–H groups in total. The lowest BCUT2D eigenvalue weighted by Crippen LogP contribution is -2.30. The minimum Gasteiger partial charge on any atom is -0.300 e. The highest BCUT2D eigenvalue weighted by molar-refractivity contribution is 5.85. The zero-order chi connectivity index (χ0) is 11.1. The van der Waals surface area contributed by atoms with Crippen molar-refractivity contribution in [1.82, 2.24) is 4.90 Å². The molecule has 1 fully saturated rings. The molecule has 1 aliphatic rings. The van der Waals surface area contributed by atoms with Crippen LogP contribution in [0.15, 0.2) is 0 Å². The summed E-state index contributed by atoms with van der Waals surface area (Å²) in [6, 6.07) is 0.834. The summed E-state index contributed by atoms with van der Waals surface area (Å²) >= 11 is 0. The molecule has 0 spiro atoms. The van der Waals surface area contributed by atoms with E-state index in [1.807, 2.05) is 0 Å². The number of unbranched alkanes of at least 4 members (excludes halogenated alkanes) is 5. The van der Waals surface area contributed by atoms with E-state index in [0.717, 1.165) is 12.0 Å². The molecular weight excluding hydrogens is 218 g/mol. The molecule has 1 nitrogen and oxygen atoms in total. The molecule has 0 bridgehead atoms. The molecule has 1 aliphatic heterocycles. The van der Waals surface area contributed by atoms with Crippen LogP contribution in [-0.2, 0) is 0 Å². The third-order valence-corrected chi connectivity index (χ3v) is 4.07. The van der Waals surface area contributed by atoms with Crippen molar-refractivity contribution in [2.24, 2.45) is 5.92 Å². The van der Waals surface area contributed by atoms with Crippen molar-refractivity contribution in [2.75, 3.05) is 13.1 Å². The monoisotopic (exact) mass is 247 g/mol. The highest BCUT2D eigenvalue weighted by Gasteiger charge is 2.26. The Morgan fingerprint density at radius 1 is 1.00 bits per heavy atom. The molecule has 0 aliphatic carbocycles. The topological polar surface area (TPSA) is 3.24 Å². The molecule has 1 rings (SSSR count). The molecule has 0 amide bonds. The maximum atomic E-state index is 2.69. The highest BCUT2D eigenvalue weighted by atomic mass is 35.5. The summed E-state index contributed by atoms with van der Waals surface area (Å²) in [7, 11) is 0. The van der Waals surface area contributed by atoms with Crippen molar-refractivity contribution >= 4 is 12.4 Å². The van der Waals surface area contributed by atoms with Crippen molar-refractivity contribution < 1.29 is 0 Å². The third kappa shape index (κ3) is 5.54. The van der Waals surface area contributed by atoms with Crippen LogP contribution in [0, 0.1) is 5.92 Å². The Kier molecular flexibility index (Phi) is 9.44. The van der Waals surface area contributed by atoms with Gasteiger partial charge >= 0.3 is 0 Å². The SMILES string of the molecule is CCCCCCCCN1CCC(C)C1C.Cl. The third-order valence-electron chi connectivity index (χ3n) is 4.07. The van der Waals surface area contributed by atoms with Gasteiger partial charge in [0.05, 0.1) is 0 Å². The second-order valence-electron chi connectivity index (χ2n) is 5.31. The van der Waals surface area contributed by atoms with Gasteiger partial charge in [-0.05, 0) is 38.8 Å². The van der Waals surface area contributed by atoms with Gasteiger partial charge < -0.3 is 4.90 Å². The Bertz CT molecular complexity index is 161. The molecule has 98 valence electrons. The summed E-state index contributed by atoms with van der Waals surface area (Å²) in [5.74, 6) is 0.921. The molecular formula is C14H30ClN. The average molecular weight is 248 g/mol. The molecule has 1 saturated heterocycles. The first-order valence-corrected chi connectivity index (χ1v) is 6.99. The fourth-order valence-corrected chi connectivity index (χ4v) is 2.58. The molecule has 0 aromatic rings. The van der Waals surface area contributed by atoms with E-state index in [1.165, 1.54) is 58.0 Å². The summed E-state index contributed by atoms with van der Waals surface area (Å²) in [5, 5.41) is 0. The lowest BCUT2D eigenvalue weighted by atomic mass is 10.1. The first-order chi connectivity index (χ1) is 7.25. The van der Waals surface area contributed by atoms with Crippen molar-refractivity contribution in [3.63, 3.8) is 0 Å². The number of rotatable bonds is 7. The average Bonchev–Trinajstić information content (AvgIpc) is 2.54. The van der Waals surface area contributed by atoms with Gasteiger partial charge in [-0.15, -0.1) is 12.4 Å². The van der Waals surface area contributed by atoms with Crippen molar-refractivity contribution in [3.05, 3.63) is 0 Å². The summed E-state index contributed by atoms with van der Waals surface area (Å²) in [6.07, 6.45) is 9.96. The van der Waals surface area contributed by atoms with Gasteiger partial charge in [0, 0.05) is 6.04 Å². The molecule has 0 saturated carbocycles. The van der Waals surface area contributed by atoms with Crippen LogP contribution < -0.4 is 0 Å². The molecule has 1 heterocycles. The van der Waals surface area contributed by atoms with Gasteiger partial charge in [0.2, 0.25) is 0 Å². The Morgan fingerprint density at radius 3 is 2.19 bits per heavy atom. The van der Waals surface area contributed by atoms with Crippen LogP contribution in [-0.4, -0.2) is 24.0 Å². The maximum absolute atomic E-state index is 2.69. The predicted molar refractivity (Wildman–Crippen MR) is 75.4 cm³/mol. The fraction of sp³-hybridized carbons (Fsp3) is 1.00. The standard InChI is InChI=1S/C14H29N.ClH/c1-4-5-6-7-8-9-11-15-12-10-13(2)14(15)3;/h13-14H,4-12H2,1-3H3;1H. The van der Waals surface area contributed by atoms with Crippen LogP contribution in [0.4, 0.5) is 0 Å². The lowest BCUT2D eigenvalue weighted by molar-refractivity contribution is 0.242. The van der Waals surface area contributed by atoms with Crippen LogP contribution in [0.1, 0.15) is 65.7 Å². The number of halogens is 1. The van der Waals surface area contributed by atoms with Gasteiger partial charge in [-0.3, -0.25) is 0 Å². The second-order valence-corrected chi connectivity index (χ2v) is 5.31. The predicted octanol–water partition coefficient (Wildman–Crippen LogP) is 4.50. The van der Waals surface area contributed by atoms with Crippen molar-refractivity contribution in [1.29, 1.82) is 0 Å². The number of hydrogen-bond donors (Lipinski definition) is 0. The van der Waals surface area contributed by atoms with Gasteiger partial charge in [0.1, 0.15) is 0 Å². The number of nitrogens with zero attached hydrogens (tertiary/aromatic N) is 1. The summed E-state index contributed by atoms with van der Waals surface area (Å²) in [6.45, 7) is 9.77. The first-order valence-electron chi connectivity index (χ1n) is 6.99. The van der Waals surface area contributed by atoms with E-state index >= 15 is 0 Å². The summed E-state index contributed by atoms with van der Waals surface area (Å²) < 4.78 is 0. The lowest BCUT2D eigenvalue weighted by Gasteiger charge is -2.22. The zero-order valence-electron chi connectivity index (χ0n) is 11.4. The minimum atomic E-state index is 0. The first kappa shape index (κ1) is 16.2. The molecule has 2 heteroatoms. The molecule has 16 heavy (non-hydrogen) atoms. The van der Waals surface area contributed by atoms with Crippen LogP contribution in [0.25, 0.3) is 0 Å². The van der Waals surface area contributed by atoms with E-state index in [2.05, 4.69) is 25.7 Å². The van der Waals surface area contributed by atoms with E-state index < -0.39 is 0 Å². The highest BCUT2D eigenvalue weighted by Crippen LogP contribution is 2.23. The number of hydrogen-bond acceptors (Lipinski definition) is 1. The van der Waals surface area contributed by atoms with Crippen molar-refractivity contribution in [2.45, 2.75) is 71.8 Å². The zero-order valence-corrected chi connectivity index (χ0v) is 12.2. The number of likely N-dealkylation sites (tertiary alicyclic amines) is 1. The Labute approximate surface area is 108 Å². The van der Waals surface area contributed by atoms with E-state index in [0.29, 0.717) is 0 Å². The van der Waals surface area contributed by atoms with Gasteiger partial charge in [-0.1, -0.05) is 46.0 Å². The van der Waals surface area contributed by atoms with Crippen LogP contribution >= 0.6 is 12.4 Å². The molecule has 0 aromatic carbocycles.